The number of carbonyl (C=O) groups is 2. The maximum atomic E-state index is 13.9. The molecule has 6 rings (SSSR count). The molecule has 0 unspecified atom stereocenters. The Morgan fingerprint density at radius 3 is 2.26 bits per heavy atom. The van der Waals surface area contributed by atoms with Gasteiger partial charge in [0.15, 0.2) is 0 Å². The second kappa shape index (κ2) is 7.09. The third-order valence-electron chi connectivity index (χ3n) is 6.94. The number of amides is 2. The van der Waals surface area contributed by atoms with Crippen molar-refractivity contribution in [2.24, 2.45) is 4.99 Å². The summed E-state index contributed by atoms with van der Waals surface area (Å²) in [5, 5.41) is 0. The van der Waals surface area contributed by atoms with Gasteiger partial charge in [0.25, 0.3) is 11.8 Å². The first-order valence-corrected chi connectivity index (χ1v) is 11.0. The van der Waals surface area contributed by atoms with Gasteiger partial charge in [-0.15, -0.1) is 0 Å². The number of fused-ring (bicyclic) bond motifs is 4. The Labute approximate surface area is 196 Å². The Morgan fingerprint density at radius 1 is 0.912 bits per heavy atom. The Balaban J connectivity index is 1.64. The molecule has 0 bridgehead atoms. The molecule has 3 aliphatic heterocycles. The van der Waals surface area contributed by atoms with E-state index in [1.807, 2.05) is 60.7 Å². The Bertz CT molecular complexity index is 1340. The summed E-state index contributed by atoms with van der Waals surface area (Å²) in [7, 11) is 2.94. The summed E-state index contributed by atoms with van der Waals surface area (Å²) in [4.78, 5) is 33.1. The average molecular weight is 454 g/mol. The quantitative estimate of drug-likeness (QED) is 0.566. The van der Waals surface area contributed by atoms with Crippen LogP contribution in [0.1, 0.15) is 27.0 Å². The van der Waals surface area contributed by atoms with Crippen LogP contribution in [0.3, 0.4) is 0 Å². The van der Waals surface area contributed by atoms with Gasteiger partial charge >= 0.3 is 5.97 Å². The van der Waals surface area contributed by atoms with Crippen molar-refractivity contribution in [3.8, 4) is 0 Å². The molecule has 0 aliphatic carbocycles. The van der Waals surface area contributed by atoms with E-state index in [0.29, 0.717) is 23.4 Å². The maximum absolute atomic E-state index is 13.9. The molecule has 0 aromatic heterocycles. The lowest BCUT2D eigenvalue weighted by molar-refractivity contribution is -0.489. The molecular weight excluding hydrogens is 432 g/mol. The molecule has 0 saturated carbocycles. The van der Waals surface area contributed by atoms with E-state index in [-0.39, 0.29) is 5.91 Å². The zero-order valence-electron chi connectivity index (χ0n) is 18.7. The van der Waals surface area contributed by atoms with Crippen LogP contribution in [0.15, 0.2) is 89.9 Å². The molecular formula is C27H22N2O5. The largest absolute Gasteiger partial charge is 0.419 e. The van der Waals surface area contributed by atoms with Gasteiger partial charge in [-0.1, -0.05) is 66.7 Å². The molecule has 1 saturated heterocycles. The van der Waals surface area contributed by atoms with Crippen LogP contribution < -0.4 is 0 Å². The van der Waals surface area contributed by atoms with E-state index < -0.39 is 23.0 Å². The molecule has 0 N–H and O–H groups in total. The highest BCUT2D eigenvalue weighted by Crippen LogP contribution is 2.65. The molecule has 1 fully saturated rings. The van der Waals surface area contributed by atoms with Gasteiger partial charge in [-0.2, -0.15) is 0 Å². The first-order chi connectivity index (χ1) is 16.5. The Morgan fingerprint density at radius 2 is 1.56 bits per heavy atom. The smallest absolute Gasteiger partial charge is 0.360 e. The number of nitrogens with zero attached hydrogens (tertiary/aromatic N) is 2. The van der Waals surface area contributed by atoms with Gasteiger partial charge < -0.3 is 9.47 Å². The van der Waals surface area contributed by atoms with E-state index in [2.05, 4.69) is 0 Å². The Kier molecular flexibility index (Phi) is 4.33. The fourth-order valence-corrected chi connectivity index (χ4v) is 5.33. The van der Waals surface area contributed by atoms with Crippen LogP contribution in [0.5, 0.6) is 0 Å². The number of carbonyl (C=O) groups excluding carboxylic acids is 2. The maximum Gasteiger partial charge on any atom is 0.360 e. The van der Waals surface area contributed by atoms with E-state index in [4.69, 9.17) is 19.2 Å². The molecule has 7 heteroatoms. The lowest BCUT2D eigenvalue weighted by atomic mass is 9.62. The van der Waals surface area contributed by atoms with Gasteiger partial charge in [-0.25, -0.2) is 4.99 Å². The van der Waals surface area contributed by atoms with Crippen LogP contribution in [0.2, 0.25) is 0 Å². The van der Waals surface area contributed by atoms with E-state index in [1.54, 1.807) is 24.3 Å². The molecule has 3 atom stereocenters. The number of methoxy groups -OCH3 is 1. The molecule has 0 radical (unpaired) electrons. The summed E-state index contributed by atoms with van der Waals surface area (Å²) in [5.41, 5.74) is -0.394. The number of imide groups is 1. The summed E-state index contributed by atoms with van der Waals surface area (Å²) in [6.45, 7) is 0. The molecule has 7 nitrogen and oxygen atoms in total. The summed E-state index contributed by atoms with van der Waals surface area (Å²) >= 11 is 0. The normalized spacial score (nSPS) is 29.2. The van der Waals surface area contributed by atoms with E-state index in [1.165, 1.54) is 14.2 Å². The predicted octanol–water partition coefficient (Wildman–Crippen LogP) is 3.28. The topological polar surface area (TPSA) is 77.4 Å². The fourth-order valence-electron chi connectivity index (χ4n) is 5.33. The van der Waals surface area contributed by atoms with Crippen molar-refractivity contribution in [1.82, 2.24) is 4.90 Å². The predicted molar refractivity (Wildman–Crippen MR) is 123 cm³/mol. The van der Waals surface area contributed by atoms with Gasteiger partial charge in [0.05, 0.1) is 0 Å². The molecule has 3 heterocycles. The minimum atomic E-state index is -1.64. The van der Waals surface area contributed by atoms with Gasteiger partial charge in [0.1, 0.15) is 0 Å². The average Bonchev–Trinajstić information content (AvgIpc) is 3.14. The molecule has 34 heavy (non-hydrogen) atoms. The monoisotopic (exact) mass is 454 g/mol. The van der Waals surface area contributed by atoms with Crippen LogP contribution in [0, 0.1) is 0 Å². The second-order valence-corrected chi connectivity index (χ2v) is 8.67. The number of hydrogen-bond donors (Lipinski definition) is 0. The highest BCUT2D eigenvalue weighted by molar-refractivity contribution is 6.14. The highest BCUT2D eigenvalue weighted by Gasteiger charge is 2.87. The number of aliphatic imine (C=N–C) groups is 1. The number of hydrogen-bond acceptors (Lipinski definition) is 6. The SMILES string of the molecule is CO[C@]12OC(c3ccccc3)=N[C@@]1(Cc1ccccc1)[C@]1(O2)C(=O)N(C)C(=O)c2ccccc21. The fraction of sp³-hybridized carbons (Fsp3) is 0.222. The van der Waals surface area contributed by atoms with Crippen LogP contribution >= 0.6 is 0 Å². The molecule has 170 valence electrons. The number of rotatable bonds is 4. The Hall–Kier alpha value is -3.81. The number of benzene rings is 3. The summed E-state index contributed by atoms with van der Waals surface area (Å²) in [6.07, 6.45) is 0.292. The minimum absolute atomic E-state index is 0.292. The number of ether oxygens (including phenoxy) is 3. The van der Waals surface area contributed by atoms with E-state index in [9.17, 15) is 9.59 Å². The van der Waals surface area contributed by atoms with E-state index >= 15 is 0 Å². The van der Waals surface area contributed by atoms with Gasteiger partial charge in [-0.3, -0.25) is 19.2 Å². The second-order valence-electron chi connectivity index (χ2n) is 8.67. The first-order valence-electron chi connectivity index (χ1n) is 11.0. The van der Waals surface area contributed by atoms with Crippen molar-refractivity contribution in [2.45, 2.75) is 23.5 Å². The zero-order chi connectivity index (χ0) is 23.6. The molecule has 3 aliphatic rings. The molecule has 3 aromatic carbocycles. The van der Waals surface area contributed by atoms with Crippen molar-refractivity contribution in [3.05, 3.63) is 107 Å². The van der Waals surface area contributed by atoms with Crippen molar-refractivity contribution in [1.29, 1.82) is 0 Å². The van der Waals surface area contributed by atoms with Crippen molar-refractivity contribution >= 4 is 17.7 Å². The summed E-state index contributed by atoms with van der Waals surface area (Å²) in [5.74, 6) is -2.20. The van der Waals surface area contributed by atoms with E-state index in [0.717, 1.165) is 16.0 Å². The zero-order valence-corrected chi connectivity index (χ0v) is 18.7. The third-order valence-corrected chi connectivity index (χ3v) is 6.94. The van der Waals surface area contributed by atoms with Crippen LogP contribution in [-0.2, 0) is 31.0 Å². The highest BCUT2D eigenvalue weighted by atomic mass is 16.9. The first kappa shape index (κ1) is 20.8. The van der Waals surface area contributed by atoms with Gasteiger partial charge in [-0.05, 0) is 23.8 Å². The van der Waals surface area contributed by atoms with Gasteiger partial charge in [0, 0.05) is 37.3 Å². The van der Waals surface area contributed by atoms with Crippen LogP contribution in [0.25, 0.3) is 0 Å². The lowest BCUT2D eigenvalue weighted by Gasteiger charge is -2.62. The van der Waals surface area contributed by atoms with Crippen molar-refractivity contribution < 1.29 is 23.8 Å². The van der Waals surface area contributed by atoms with Crippen molar-refractivity contribution in [2.75, 3.05) is 14.2 Å². The molecule has 3 aromatic rings. The van der Waals surface area contributed by atoms with Crippen LogP contribution in [-0.4, -0.2) is 48.3 Å². The summed E-state index contributed by atoms with van der Waals surface area (Å²) < 4.78 is 18.5. The summed E-state index contributed by atoms with van der Waals surface area (Å²) in [6, 6.07) is 26.1. The molecule has 1 spiro atoms. The third kappa shape index (κ3) is 2.40. The molecule has 2 amide bonds. The van der Waals surface area contributed by atoms with Crippen LogP contribution in [0.4, 0.5) is 0 Å². The standard InChI is InChI=1S/C27H22N2O5/c1-29-23(30)20-15-9-10-16-21(20)26(24(29)31)25(17-18-11-5-3-6-12-18)27(32-2,34-26)33-22(28-25)19-13-7-4-8-14-19/h3-16H,17H2,1-2H3/t25-,26+,27-/m0/s1. The van der Waals surface area contributed by atoms with Crippen molar-refractivity contribution in [3.63, 3.8) is 0 Å². The minimum Gasteiger partial charge on any atom is -0.419 e. The number of likely N-dealkylation sites (N-methyl/N-ethyl adjacent to an activating group) is 1. The van der Waals surface area contributed by atoms with Gasteiger partial charge in [0.2, 0.25) is 17.0 Å². The lowest BCUT2D eigenvalue weighted by Crippen LogP contribution is -2.84.